The van der Waals surface area contributed by atoms with Gasteiger partial charge in [-0.15, -0.1) is 0 Å². The van der Waals surface area contributed by atoms with Crippen LogP contribution in [0.2, 0.25) is 15.1 Å². The van der Waals surface area contributed by atoms with Crippen molar-refractivity contribution >= 4 is 74.8 Å². The fraction of sp³-hybridized carbons (Fsp3) is 0.0800. The first-order valence-electron chi connectivity index (χ1n) is 10.5. The number of aromatic nitrogens is 1. The largest absolute Gasteiger partial charge is 0.494 e. The first-order chi connectivity index (χ1) is 17.2. The Labute approximate surface area is 221 Å². The molecular formula is C25H19Cl3N4O4. The van der Waals surface area contributed by atoms with Crippen molar-refractivity contribution in [1.29, 1.82) is 0 Å². The topological polar surface area (TPSA) is 101 Å². The fourth-order valence-electron chi connectivity index (χ4n) is 3.46. The number of amides is 3. The van der Waals surface area contributed by atoms with Crippen LogP contribution in [0.15, 0.2) is 60.7 Å². The molecule has 0 aliphatic heterocycles. The van der Waals surface area contributed by atoms with Crippen molar-refractivity contribution in [2.24, 2.45) is 0 Å². The number of hydrogen-bond donors (Lipinski definition) is 3. The Bertz CT molecular complexity index is 1520. The summed E-state index contributed by atoms with van der Waals surface area (Å²) in [5, 5.41) is 6.83. The zero-order chi connectivity index (χ0) is 26.0. The van der Waals surface area contributed by atoms with Gasteiger partial charge in [-0.2, -0.15) is 0 Å². The third kappa shape index (κ3) is 5.26. The molecule has 0 saturated carbocycles. The van der Waals surface area contributed by atoms with Crippen LogP contribution in [0.1, 0.15) is 16.1 Å². The summed E-state index contributed by atoms with van der Waals surface area (Å²) >= 11 is 18.1. The number of nitrogens with one attached hydrogen (secondary N) is 3. The molecule has 0 spiro atoms. The van der Waals surface area contributed by atoms with Gasteiger partial charge in [0, 0.05) is 21.8 Å². The summed E-state index contributed by atoms with van der Waals surface area (Å²) in [6.07, 6.45) is 0. The molecule has 0 atom stereocenters. The van der Waals surface area contributed by atoms with E-state index < -0.39 is 17.7 Å². The summed E-state index contributed by atoms with van der Waals surface area (Å²) in [7, 11) is 1.46. The van der Waals surface area contributed by atoms with Crippen molar-refractivity contribution < 1.29 is 19.1 Å². The van der Waals surface area contributed by atoms with Crippen LogP contribution in [-0.2, 0) is 9.59 Å². The lowest BCUT2D eigenvalue weighted by atomic mass is 10.2. The van der Waals surface area contributed by atoms with E-state index in [2.05, 4.69) is 16.1 Å². The van der Waals surface area contributed by atoms with Crippen molar-refractivity contribution in [3.8, 4) is 5.75 Å². The molecule has 3 aromatic carbocycles. The van der Waals surface area contributed by atoms with E-state index in [1.807, 2.05) is 6.92 Å². The summed E-state index contributed by atoms with van der Waals surface area (Å²) in [5.41, 5.74) is 4.47. The number of carbonyl (C=O) groups excluding carboxylic acids is 3. The molecule has 0 aliphatic rings. The van der Waals surface area contributed by atoms with Gasteiger partial charge in [0.25, 0.3) is 5.91 Å². The number of fused-ring (bicyclic) bond motifs is 1. The summed E-state index contributed by atoms with van der Waals surface area (Å²) in [4.78, 5) is 38.7. The van der Waals surface area contributed by atoms with E-state index in [-0.39, 0.29) is 10.7 Å². The lowest BCUT2D eigenvalue weighted by Gasteiger charge is -2.14. The highest BCUT2D eigenvalue weighted by atomic mass is 35.5. The van der Waals surface area contributed by atoms with Crippen molar-refractivity contribution in [3.05, 3.63) is 87.0 Å². The number of methoxy groups -OCH3 is 1. The Morgan fingerprint density at radius 2 is 1.50 bits per heavy atom. The van der Waals surface area contributed by atoms with Crippen LogP contribution in [0.25, 0.3) is 10.9 Å². The predicted molar refractivity (Wildman–Crippen MR) is 142 cm³/mol. The average molecular weight is 546 g/mol. The monoisotopic (exact) mass is 544 g/mol. The molecule has 0 unspecified atom stereocenters. The van der Waals surface area contributed by atoms with Gasteiger partial charge in [-0.3, -0.25) is 19.8 Å². The number of aryl methyl sites for hydroxylation is 1. The van der Waals surface area contributed by atoms with Crippen LogP contribution in [-0.4, -0.2) is 29.5 Å². The second kappa shape index (κ2) is 10.5. The van der Waals surface area contributed by atoms with Crippen LogP contribution in [0, 0.1) is 6.92 Å². The standard InChI is InChI=1S/C25H19Cl3N4O4/c1-13-6-7-15(11-18(13)27)30-24(34)25(35)31-32-20(10-14-4-3-5-21(36-2)22(14)32)23(33)29-16-8-9-17(26)19(28)12-16/h3-12H,1-2H3,(H,29,33)(H,30,34)(H,31,35). The van der Waals surface area contributed by atoms with Gasteiger partial charge in [0.1, 0.15) is 17.0 Å². The van der Waals surface area contributed by atoms with Crippen LogP contribution >= 0.6 is 34.8 Å². The van der Waals surface area contributed by atoms with Gasteiger partial charge in [0.2, 0.25) is 0 Å². The molecule has 184 valence electrons. The highest BCUT2D eigenvalue weighted by Gasteiger charge is 2.23. The number of halogens is 3. The second-order valence-electron chi connectivity index (χ2n) is 7.71. The van der Waals surface area contributed by atoms with Crippen molar-refractivity contribution in [2.75, 3.05) is 23.2 Å². The van der Waals surface area contributed by atoms with E-state index in [1.165, 1.54) is 23.9 Å². The van der Waals surface area contributed by atoms with Crippen LogP contribution in [0.4, 0.5) is 11.4 Å². The van der Waals surface area contributed by atoms with Gasteiger partial charge < -0.3 is 15.4 Å². The Morgan fingerprint density at radius 3 is 2.19 bits per heavy atom. The molecule has 0 aliphatic carbocycles. The quantitative estimate of drug-likeness (QED) is 0.273. The smallest absolute Gasteiger partial charge is 0.328 e. The van der Waals surface area contributed by atoms with Gasteiger partial charge in [0.05, 0.1) is 17.2 Å². The minimum atomic E-state index is -1.02. The Balaban J connectivity index is 1.66. The number of benzene rings is 3. The Kier molecular flexibility index (Phi) is 7.40. The van der Waals surface area contributed by atoms with Crippen molar-refractivity contribution in [3.63, 3.8) is 0 Å². The number of para-hydroxylation sites is 1. The van der Waals surface area contributed by atoms with Crippen LogP contribution < -0.4 is 20.8 Å². The van der Waals surface area contributed by atoms with Crippen LogP contribution in [0.5, 0.6) is 5.75 Å². The molecule has 0 saturated heterocycles. The number of hydrogen-bond acceptors (Lipinski definition) is 4. The van der Waals surface area contributed by atoms with Crippen molar-refractivity contribution in [1.82, 2.24) is 4.68 Å². The molecular weight excluding hydrogens is 527 g/mol. The van der Waals surface area contributed by atoms with Crippen LogP contribution in [0.3, 0.4) is 0 Å². The maximum Gasteiger partial charge on any atom is 0.328 e. The number of ether oxygens (including phenoxy) is 1. The first-order valence-corrected chi connectivity index (χ1v) is 11.6. The molecule has 4 aromatic rings. The molecule has 3 amide bonds. The minimum absolute atomic E-state index is 0.0418. The summed E-state index contributed by atoms with van der Waals surface area (Å²) < 4.78 is 6.62. The first kappa shape index (κ1) is 25.4. The third-order valence-electron chi connectivity index (χ3n) is 5.27. The SMILES string of the molecule is COc1cccc2cc(C(=O)Nc3ccc(Cl)c(Cl)c3)n(NC(=O)C(=O)Nc3ccc(C)c(Cl)c3)c12. The molecule has 0 radical (unpaired) electrons. The molecule has 11 heteroatoms. The van der Waals surface area contributed by atoms with Gasteiger partial charge in [0.15, 0.2) is 0 Å². The summed E-state index contributed by atoms with van der Waals surface area (Å²) in [6.45, 7) is 1.82. The normalized spacial score (nSPS) is 10.7. The Hall–Kier alpha value is -3.72. The van der Waals surface area contributed by atoms with E-state index in [0.717, 1.165) is 5.56 Å². The molecule has 0 fully saturated rings. The van der Waals surface area contributed by atoms with Crippen molar-refractivity contribution in [2.45, 2.75) is 6.92 Å². The summed E-state index contributed by atoms with van der Waals surface area (Å²) in [6, 6.07) is 16.2. The van der Waals surface area contributed by atoms with Gasteiger partial charge >= 0.3 is 11.8 Å². The van der Waals surface area contributed by atoms with E-state index in [1.54, 1.807) is 48.5 Å². The van der Waals surface area contributed by atoms with E-state index in [0.29, 0.717) is 38.1 Å². The highest BCUT2D eigenvalue weighted by Crippen LogP contribution is 2.30. The maximum atomic E-state index is 13.2. The molecule has 36 heavy (non-hydrogen) atoms. The number of rotatable bonds is 5. The fourth-order valence-corrected chi connectivity index (χ4v) is 3.93. The highest BCUT2D eigenvalue weighted by molar-refractivity contribution is 6.43. The average Bonchev–Trinajstić information content (AvgIpc) is 3.22. The summed E-state index contributed by atoms with van der Waals surface area (Å²) in [5.74, 6) is -2.16. The number of carbonyl (C=O) groups is 3. The van der Waals surface area contributed by atoms with Gasteiger partial charge in [-0.25, -0.2) is 4.68 Å². The lowest BCUT2D eigenvalue weighted by molar-refractivity contribution is -0.133. The number of anilines is 2. The molecule has 0 bridgehead atoms. The molecule has 3 N–H and O–H groups in total. The second-order valence-corrected chi connectivity index (χ2v) is 8.93. The maximum absolute atomic E-state index is 13.2. The minimum Gasteiger partial charge on any atom is -0.494 e. The Morgan fingerprint density at radius 1 is 0.806 bits per heavy atom. The third-order valence-corrected chi connectivity index (χ3v) is 6.41. The van der Waals surface area contributed by atoms with Gasteiger partial charge in [-0.1, -0.05) is 53.0 Å². The van der Waals surface area contributed by atoms with E-state index in [9.17, 15) is 14.4 Å². The van der Waals surface area contributed by atoms with E-state index >= 15 is 0 Å². The zero-order valence-electron chi connectivity index (χ0n) is 19.0. The van der Waals surface area contributed by atoms with Gasteiger partial charge in [-0.05, 0) is 55.0 Å². The zero-order valence-corrected chi connectivity index (χ0v) is 21.3. The van der Waals surface area contributed by atoms with E-state index in [4.69, 9.17) is 39.5 Å². The molecule has 4 rings (SSSR count). The predicted octanol–water partition coefficient (Wildman–Crippen LogP) is 5.88. The molecule has 1 aromatic heterocycles. The molecule has 1 heterocycles. The lowest BCUT2D eigenvalue weighted by Crippen LogP contribution is -2.36. The molecule has 8 nitrogen and oxygen atoms in total. The number of nitrogens with zero attached hydrogens (tertiary/aromatic N) is 1.